The summed E-state index contributed by atoms with van der Waals surface area (Å²) < 4.78 is 0. The molecule has 4 N–H and O–H groups in total. The summed E-state index contributed by atoms with van der Waals surface area (Å²) in [5, 5.41) is 9.51. The van der Waals surface area contributed by atoms with Crippen LogP contribution in [0.15, 0.2) is 35.4 Å². The maximum absolute atomic E-state index is 4.36. The predicted octanol–water partition coefficient (Wildman–Crippen LogP) is 0.522. The number of hydrazone groups is 1. The van der Waals surface area contributed by atoms with E-state index in [2.05, 4.69) is 57.5 Å². The fourth-order valence-electron chi connectivity index (χ4n) is 1.63. The maximum atomic E-state index is 4.36. The molecular formula is C12H21N5. The summed E-state index contributed by atoms with van der Waals surface area (Å²) in [6.07, 6.45) is 0. The lowest BCUT2D eigenvalue weighted by molar-refractivity contribution is 0.256. The molecule has 1 aromatic carbocycles. The van der Waals surface area contributed by atoms with E-state index in [1.54, 1.807) is 0 Å². The van der Waals surface area contributed by atoms with Crippen LogP contribution in [0.5, 0.6) is 0 Å². The third-order valence-electron chi connectivity index (χ3n) is 2.49. The summed E-state index contributed by atoms with van der Waals surface area (Å²) in [6.45, 7) is 8.33. The van der Waals surface area contributed by atoms with Crippen molar-refractivity contribution in [3.63, 3.8) is 0 Å². The fraction of sp³-hybridized carbons (Fsp3) is 0.417. The molecule has 94 valence electrons. The van der Waals surface area contributed by atoms with E-state index < -0.39 is 0 Å². The summed E-state index contributed by atoms with van der Waals surface area (Å²) in [5.41, 5.74) is 1.20. The Bertz CT molecular complexity index is 295. The van der Waals surface area contributed by atoms with Gasteiger partial charge in [-0.05, 0) is 12.1 Å². The quantitative estimate of drug-likeness (QED) is 0.406. The molecule has 2 rings (SSSR count). The molecule has 0 spiro atoms. The van der Waals surface area contributed by atoms with Gasteiger partial charge in [-0.1, -0.05) is 18.2 Å². The van der Waals surface area contributed by atoms with Gasteiger partial charge in [0.1, 0.15) is 0 Å². The Labute approximate surface area is 103 Å². The molecule has 1 saturated heterocycles. The topological polar surface area (TPSA) is 65.7 Å². The number of para-hydroxylation sites is 1. The first-order valence-corrected chi connectivity index (χ1v) is 5.74. The van der Waals surface area contributed by atoms with Gasteiger partial charge in [-0.3, -0.25) is 4.90 Å². The van der Waals surface area contributed by atoms with Crippen molar-refractivity contribution in [1.29, 1.82) is 0 Å². The Balaban J connectivity index is 0.000000437. The van der Waals surface area contributed by atoms with E-state index in [0.29, 0.717) is 0 Å². The number of rotatable bonds is 3. The number of anilines is 1. The second-order valence-electron chi connectivity index (χ2n) is 3.75. The van der Waals surface area contributed by atoms with Crippen LogP contribution >= 0.6 is 0 Å². The second kappa shape index (κ2) is 8.55. The Kier molecular flexibility index (Phi) is 6.78. The van der Waals surface area contributed by atoms with Crippen molar-refractivity contribution in [1.82, 2.24) is 10.2 Å². The zero-order valence-corrected chi connectivity index (χ0v) is 10.1. The highest BCUT2D eigenvalue weighted by Crippen LogP contribution is 2.04. The third kappa shape index (κ3) is 5.89. The molecule has 0 radical (unpaired) electrons. The van der Waals surface area contributed by atoms with Crippen molar-refractivity contribution in [2.24, 2.45) is 10.9 Å². The molecule has 0 saturated carbocycles. The van der Waals surface area contributed by atoms with E-state index in [4.69, 9.17) is 0 Å². The summed E-state index contributed by atoms with van der Waals surface area (Å²) in [6, 6.07) is 10.3. The summed E-state index contributed by atoms with van der Waals surface area (Å²) in [4.78, 5) is 2.42. The average Bonchev–Trinajstić information content (AvgIpc) is 2.40. The van der Waals surface area contributed by atoms with Crippen molar-refractivity contribution >= 4 is 12.4 Å². The highest BCUT2D eigenvalue weighted by atomic mass is 15.3. The van der Waals surface area contributed by atoms with E-state index in [1.165, 1.54) is 5.69 Å². The third-order valence-corrected chi connectivity index (χ3v) is 2.49. The lowest BCUT2D eigenvalue weighted by Crippen LogP contribution is -2.45. The molecule has 1 aliphatic rings. The average molecular weight is 235 g/mol. The van der Waals surface area contributed by atoms with Crippen LogP contribution in [0, 0.1) is 0 Å². The van der Waals surface area contributed by atoms with Gasteiger partial charge in [0.25, 0.3) is 0 Å². The number of piperazine rings is 1. The highest BCUT2D eigenvalue weighted by molar-refractivity contribution is 5.42. The number of benzene rings is 1. The standard InChI is InChI=1S/C11H17N3.CH4N2/c1-2-4-11(5-3-1)13-10-14-8-6-12-7-9-14;1-3-2/h1-5,12-13H,6-10H2;1-2H2. The van der Waals surface area contributed by atoms with Crippen LogP contribution in [0.4, 0.5) is 5.69 Å². The first-order valence-electron chi connectivity index (χ1n) is 5.74. The van der Waals surface area contributed by atoms with Gasteiger partial charge in [0.2, 0.25) is 0 Å². The molecule has 0 atom stereocenters. The molecule has 17 heavy (non-hydrogen) atoms. The minimum atomic E-state index is 0.950. The molecular weight excluding hydrogens is 214 g/mol. The molecule has 1 aromatic rings. The molecule has 0 aromatic heterocycles. The van der Waals surface area contributed by atoms with Crippen LogP contribution in [-0.4, -0.2) is 44.5 Å². The number of nitrogens with one attached hydrogen (secondary N) is 2. The normalized spacial score (nSPS) is 15.5. The number of nitrogens with two attached hydrogens (primary N) is 1. The first-order chi connectivity index (χ1) is 8.36. The molecule has 0 unspecified atom stereocenters. The molecule has 0 bridgehead atoms. The van der Waals surface area contributed by atoms with Crippen LogP contribution in [0.2, 0.25) is 0 Å². The molecule has 0 amide bonds. The van der Waals surface area contributed by atoms with E-state index >= 15 is 0 Å². The Morgan fingerprint density at radius 3 is 2.47 bits per heavy atom. The van der Waals surface area contributed by atoms with Gasteiger partial charge in [-0.25, -0.2) is 0 Å². The zero-order chi connectivity index (χ0) is 12.3. The van der Waals surface area contributed by atoms with Crippen molar-refractivity contribution < 1.29 is 0 Å². The predicted molar refractivity (Wildman–Crippen MR) is 73.1 cm³/mol. The van der Waals surface area contributed by atoms with Crippen LogP contribution in [-0.2, 0) is 0 Å². The molecule has 5 heteroatoms. The van der Waals surface area contributed by atoms with Crippen molar-refractivity contribution in [2.45, 2.75) is 0 Å². The smallest absolute Gasteiger partial charge is 0.0679 e. The minimum Gasteiger partial charge on any atom is -0.372 e. The number of nitrogens with zero attached hydrogens (tertiary/aromatic N) is 2. The van der Waals surface area contributed by atoms with Gasteiger partial charge >= 0.3 is 0 Å². The van der Waals surface area contributed by atoms with Gasteiger partial charge < -0.3 is 16.5 Å². The summed E-state index contributed by atoms with van der Waals surface area (Å²) in [7, 11) is 0. The van der Waals surface area contributed by atoms with Crippen LogP contribution in [0.1, 0.15) is 0 Å². The van der Waals surface area contributed by atoms with Crippen LogP contribution < -0.4 is 16.5 Å². The van der Waals surface area contributed by atoms with Crippen LogP contribution in [0.25, 0.3) is 0 Å². The molecule has 0 aliphatic carbocycles. The van der Waals surface area contributed by atoms with Gasteiger partial charge in [0, 0.05) is 38.6 Å². The number of hydrogen-bond donors (Lipinski definition) is 3. The largest absolute Gasteiger partial charge is 0.372 e. The summed E-state index contributed by atoms with van der Waals surface area (Å²) >= 11 is 0. The SMILES string of the molecule is C=NN.c1ccc(NCN2CCNCC2)cc1. The molecule has 1 heterocycles. The monoisotopic (exact) mass is 235 g/mol. The van der Waals surface area contributed by atoms with E-state index in [-0.39, 0.29) is 0 Å². The van der Waals surface area contributed by atoms with Gasteiger partial charge in [0.15, 0.2) is 0 Å². The highest BCUT2D eigenvalue weighted by Gasteiger charge is 2.07. The maximum Gasteiger partial charge on any atom is 0.0679 e. The van der Waals surface area contributed by atoms with Gasteiger partial charge in [-0.2, -0.15) is 5.10 Å². The van der Waals surface area contributed by atoms with E-state index in [9.17, 15) is 0 Å². The van der Waals surface area contributed by atoms with Crippen molar-refractivity contribution in [3.8, 4) is 0 Å². The number of hydrogen-bond acceptors (Lipinski definition) is 5. The van der Waals surface area contributed by atoms with Gasteiger partial charge in [0.05, 0.1) is 6.67 Å². The van der Waals surface area contributed by atoms with Gasteiger partial charge in [-0.15, -0.1) is 0 Å². The fourth-order valence-corrected chi connectivity index (χ4v) is 1.63. The second-order valence-corrected chi connectivity index (χ2v) is 3.75. The minimum absolute atomic E-state index is 0.950. The Morgan fingerprint density at radius 1 is 1.29 bits per heavy atom. The van der Waals surface area contributed by atoms with Crippen molar-refractivity contribution in [2.75, 3.05) is 38.2 Å². The Hall–Kier alpha value is -1.59. The van der Waals surface area contributed by atoms with Crippen LogP contribution in [0.3, 0.4) is 0 Å². The lowest BCUT2D eigenvalue weighted by atomic mass is 10.3. The first kappa shape index (κ1) is 13.5. The Morgan fingerprint density at radius 2 is 1.88 bits per heavy atom. The molecule has 1 fully saturated rings. The van der Waals surface area contributed by atoms with E-state index in [1.807, 2.05) is 6.07 Å². The zero-order valence-electron chi connectivity index (χ0n) is 10.1. The van der Waals surface area contributed by atoms with E-state index in [0.717, 1.165) is 32.8 Å². The lowest BCUT2D eigenvalue weighted by Gasteiger charge is -2.27. The summed E-state index contributed by atoms with van der Waals surface area (Å²) in [5.74, 6) is 4.36. The molecule has 5 nitrogen and oxygen atoms in total. The van der Waals surface area contributed by atoms with Crippen molar-refractivity contribution in [3.05, 3.63) is 30.3 Å². The molecule has 1 aliphatic heterocycles.